The number of aromatic nitrogens is 1. The van der Waals surface area contributed by atoms with E-state index in [0.29, 0.717) is 6.42 Å². The molecule has 1 aromatic heterocycles. The second-order valence-corrected chi connectivity index (χ2v) is 5.13. The van der Waals surface area contributed by atoms with Crippen molar-refractivity contribution in [3.8, 4) is 0 Å². The van der Waals surface area contributed by atoms with Gasteiger partial charge in [-0.05, 0) is 31.5 Å². The Bertz CT molecular complexity index is 673. The lowest BCUT2D eigenvalue weighted by Crippen LogP contribution is -2.43. The summed E-state index contributed by atoms with van der Waals surface area (Å²) in [6.07, 6.45) is 2.00. The molecule has 2 rings (SSSR count). The van der Waals surface area contributed by atoms with Crippen LogP contribution in [0, 0.1) is 5.82 Å². The molecule has 0 bridgehead atoms. The molecule has 0 aliphatic carbocycles. The van der Waals surface area contributed by atoms with Crippen LogP contribution in [0.15, 0.2) is 41.1 Å². The standard InChI is InChI=1S/C16H18FN3O3/c1-3-11(2)20(10-15(21)18-14-7-8-23-19-14)16(22)12-5-4-6-13(17)9-12/h4-9,11H,3,10H2,1-2H3,(H,18,19,21). The lowest BCUT2D eigenvalue weighted by Gasteiger charge is -2.28. The maximum absolute atomic E-state index is 13.3. The second kappa shape index (κ2) is 7.53. The van der Waals surface area contributed by atoms with Gasteiger partial charge in [-0.25, -0.2) is 4.39 Å². The number of carbonyl (C=O) groups is 2. The summed E-state index contributed by atoms with van der Waals surface area (Å²) in [7, 11) is 0. The SMILES string of the molecule is CCC(C)N(CC(=O)Nc1ccon1)C(=O)c1cccc(F)c1. The summed E-state index contributed by atoms with van der Waals surface area (Å²) < 4.78 is 18.0. The van der Waals surface area contributed by atoms with Gasteiger partial charge in [-0.2, -0.15) is 0 Å². The summed E-state index contributed by atoms with van der Waals surface area (Å²) in [5, 5.41) is 6.12. The number of nitrogens with one attached hydrogen (secondary N) is 1. The molecule has 1 unspecified atom stereocenters. The molecule has 7 heteroatoms. The molecule has 1 heterocycles. The minimum Gasteiger partial charge on any atom is -0.363 e. The van der Waals surface area contributed by atoms with Crippen molar-refractivity contribution in [2.45, 2.75) is 26.3 Å². The fraction of sp³-hybridized carbons (Fsp3) is 0.312. The van der Waals surface area contributed by atoms with Gasteiger partial charge in [0, 0.05) is 17.7 Å². The van der Waals surface area contributed by atoms with E-state index in [0.717, 1.165) is 6.07 Å². The van der Waals surface area contributed by atoms with E-state index in [1.807, 2.05) is 13.8 Å². The average Bonchev–Trinajstić information content (AvgIpc) is 3.04. The number of carbonyl (C=O) groups excluding carboxylic acids is 2. The maximum Gasteiger partial charge on any atom is 0.254 e. The number of rotatable bonds is 6. The van der Waals surface area contributed by atoms with Crippen molar-refractivity contribution in [2.75, 3.05) is 11.9 Å². The minimum absolute atomic E-state index is 0.156. The number of nitrogens with zero attached hydrogens (tertiary/aromatic N) is 2. The third kappa shape index (κ3) is 4.38. The number of halogens is 1. The predicted octanol–water partition coefficient (Wildman–Crippen LogP) is 2.69. The van der Waals surface area contributed by atoms with Crippen LogP contribution in [0.5, 0.6) is 0 Å². The summed E-state index contributed by atoms with van der Waals surface area (Å²) in [5.41, 5.74) is 0.208. The number of hydrogen-bond acceptors (Lipinski definition) is 4. The van der Waals surface area contributed by atoms with Gasteiger partial charge in [0.05, 0.1) is 0 Å². The molecule has 23 heavy (non-hydrogen) atoms. The number of benzene rings is 1. The van der Waals surface area contributed by atoms with E-state index < -0.39 is 17.6 Å². The van der Waals surface area contributed by atoms with Crippen LogP contribution in [0.1, 0.15) is 30.6 Å². The molecule has 1 atom stereocenters. The Labute approximate surface area is 133 Å². The summed E-state index contributed by atoms with van der Waals surface area (Å²) in [6, 6.07) is 6.74. The van der Waals surface area contributed by atoms with Gasteiger partial charge in [0.25, 0.3) is 5.91 Å². The highest BCUT2D eigenvalue weighted by Gasteiger charge is 2.23. The second-order valence-electron chi connectivity index (χ2n) is 5.13. The molecule has 122 valence electrons. The first-order chi connectivity index (χ1) is 11.0. The average molecular weight is 319 g/mol. The van der Waals surface area contributed by atoms with E-state index >= 15 is 0 Å². The van der Waals surface area contributed by atoms with Gasteiger partial charge >= 0.3 is 0 Å². The first-order valence-corrected chi connectivity index (χ1v) is 7.28. The first kappa shape index (κ1) is 16.7. The van der Waals surface area contributed by atoms with Gasteiger partial charge in [0.1, 0.15) is 18.6 Å². The van der Waals surface area contributed by atoms with Crippen LogP contribution in [0.4, 0.5) is 10.2 Å². The summed E-state index contributed by atoms with van der Waals surface area (Å²) >= 11 is 0. The Morgan fingerprint density at radius 2 is 2.17 bits per heavy atom. The highest BCUT2D eigenvalue weighted by Crippen LogP contribution is 2.13. The van der Waals surface area contributed by atoms with Crippen molar-refractivity contribution >= 4 is 17.6 Å². The zero-order valence-electron chi connectivity index (χ0n) is 13.0. The lowest BCUT2D eigenvalue weighted by atomic mass is 10.1. The Morgan fingerprint density at radius 1 is 1.39 bits per heavy atom. The highest BCUT2D eigenvalue weighted by atomic mass is 19.1. The normalized spacial score (nSPS) is 11.8. The topological polar surface area (TPSA) is 75.4 Å². The number of amides is 2. The van der Waals surface area contributed by atoms with Gasteiger partial charge < -0.3 is 14.7 Å². The Morgan fingerprint density at radius 3 is 2.78 bits per heavy atom. The highest BCUT2D eigenvalue weighted by molar-refractivity contribution is 5.99. The molecule has 0 spiro atoms. The van der Waals surface area contributed by atoms with Gasteiger partial charge in [0.15, 0.2) is 5.82 Å². The summed E-state index contributed by atoms with van der Waals surface area (Å²) in [6.45, 7) is 3.59. The lowest BCUT2D eigenvalue weighted by molar-refractivity contribution is -0.117. The summed E-state index contributed by atoms with van der Waals surface area (Å²) in [4.78, 5) is 26.1. The van der Waals surface area contributed by atoms with Crippen LogP contribution in [-0.4, -0.2) is 34.5 Å². The summed E-state index contributed by atoms with van der Waals surface area (Å²) in [5.74, 6) is -1.01. The molecule has 0 saturated carbocycles. The van der Waals surface area contributed by atoms with E-state index in [1.165, 1.54) is 35.4 Å². The zero-order valence-corrected chi connectivity index (χ0v) is 13.0. The molecule has 2 aromatic rings. The van der Waals surface area contributed by atoms with Crippen LogP contribution in [-0.2, 0) is 4.79 Å². The molecule has 0 saturated heterocycles. The maximum atomic E-state index is 13.3. The van der Waals surface area contributed by atoms with E-state index in [4.69, 9.17) is 0 Å². The van der Waals surface area contributed by atoms with Crippen molar-refractivity contribution in [2.24, 2.45) is 0 Å². The monoisotopic (exact) mass is 319 g/mol. The zero-order chi connectivity index (χ0) is 16.8. The molecule has 0 fully saturated rings. The Hall–Kier alpha value is -2.70. The van der Waals surface area contributed by atoms with Gasteiger partial charge in [-0.3, -0.25) is 9.59 Å². The van der Waals surface area contributed by atoms with Gasteiger partial charge in [-0.1, -0.05) is 18.1 Å². The van der Waals surface area contributed by atoms with Crippen molar-refractivity contribution in [3.63, 3.8) is 0 Å². The third-order valence-corrected chi connectivity index (χ3v) is 3.47. The van der Waals surface area contributed by atoms with E-state index in [1.54, 1.807) is 0 Å². The van der Waals surface area contributed by atoms with Crippen LogP contribution < -0.4 is 5.32 Å². The Kier molecular flexibility index (Phi) is 5.46. The van der Waals surface area contributed by atoms with Crippen molar-refractivity contribution < 1.29 is 18.5 Å². The largest absolute Gasteiger partial charge is 0.363 e. The molecule has 0 aliphatic rings. The quantitative estimate of drug-likeness (QED) is 0.888. The number of anilines is 1. The van der Waals surface area contributed by atoms with Crippen LogP contribution in [0.2, 0.25) is 0 Å². The van der Waals surface area contributed by atoms with Gasteiger partial charge in [-0.15, -0.1) is 0 Å². The Balaban J connectivity index is 2.13. The molecular formula is C16H18FN3O3. The van der Waals surface area contributed by atoms with Crippen LogP contribution in [0.3, 0.4) is 0 Å². The van der Waals surface area contributed by atoms with Crippen molar-refractivity contribution in [1.29, 1.82) is 0 Å². The van der Waals surface area contributed by atoms with E-state index in [-0.39, 0.29) is 24.0 Å². The van der Waals surface area contributed by atoms with Crippen molar-refractivity contribution in [1.82, 2.24) is 10.1 Å². The molecular weight excluding hydrogens is 301 g/mol. The fourth-order valence-electron chi connectivity index (χ4n) is 2.05. The third-order valence-electron chi connectivity index (χ3n) is 3.47. The van der Waals surface area contributed by atoms with Crippen molar-refractivity contribution in [3.05, 3.63) is 48.0 Å². The fourth-order valence-corrected chi connectivity index (χ4v) is 2.05. The van der Waals surface area contributed by atoms with Crippen LogP contribution in [0.25, 0.3) is 0 Å². The van der Waals surface area contributed by atoms with E-state index in [2.05, 4.69) is 15.0 Å². The molecule has 2 amide bonds. The molecule has 1 N–H and O–H groups in total. The smallest absolute Gasteiger partial charge is 0.254 e. The van der Waals surface area contributed by atoms with Crippen LogP contribution >= 0.6 is 0 Å². The first-order valence-electron chi connectivity index (χ1n) is 7.28. The molecule has 1 aromatic carbocycles. The minimum atomic E-state index is -0.494. The molecule has 0 aliphatic heterocycles. The van der Waals surface area contributed by atoms with E-state index in [9.17, 15) is 14.0 Å². The predicted molar refractivity (Wildman–Crippen MR) is 82.3 cm³/mol. The molecule has 0 radical (unpaired) electrons. The molecule has 6 nitrogen and oxygen atoms in total. The van der Waals surface area contributed by atoms with Gasteiger partial charge in [0.2, 0.25) is 5.91 Å². The number of hydrogen-bond donors (Lipinski definition) is 1.